The molecule has 0 aliphatic carbocycles. The fourth-order valence-corrected chi connectivity index (χ4v) is 2.12. The van der Waals surface area contributed by atoms with Gasteiger partial charge in [-0.2, -0.15) is 0 Å². The number of hydrogen-bond acceptors (Lipinski definition) is 3. The third-order valence-corrected chi connectivity index (χ3v) is 3.63. The second kappa shape index (κ2) is 5.13. The number of carboxylic acid groups (broad SMARTS) is 1. The van der Waals surface area contributed by atoms with Gasteiger partial charge in [-0.05, 0) is 12.5 Å². The molecule has 1 atom stereocenters. The van der Waals surface area contributed by atoms with Crippen LogP contribution in [0.1, 0.15) is 13.3 Å². The first-order valence-corrected chi connectivity index (χ1v) is 6.27. The number of carbonyl (C=O) groups is 1. The quantitative estimate of drug-likeness (QED) is 0.676. The normalized spacial score (nSPS) is 13.6. The summed E-state index contributed by atoms with van der Waals surface area (Å²) in [5.74, 6) is -1.49. The summed E-state index contributed by atoms with van der Waals surface area (Å²) in [5, 5.41) is 8.61. The average Bonchev–Trinajstić information content (AvgIpc) is 2.70. The number of aromatic nitrogens is 1. The summed E-state index contributed by atoms with van der Waals surface area (Å²) >= 11 is 0. The van der Waals surface area contributed by atoms with Crippen LogP contribution in [0.25, 0.3) is 0 Å². The van der Waals surface area contributed by atoms with Crippen molar-refractivity contribution in [3.8, 4) is 0 Å². The zero-order valence-electron chi connectivity index (χ0n) is 8.80. The number of sulfonamides is 1. The number of aromatic amines is 1. The second-order valence-electron chi connectivity index (χ2n) is 3.47. The highest BCUT2D eigenvalue weighted by atomic mass is 32.2. The number of H-pyrrole nitrogens is 1. The molecule has 16 heavy (non-hydrogen) atoms. The van der Waals surface area contributed by atoms with Gasteiger partial charge in [-0.25, -0.2) is 13.1 Å². The molecule has 0 radical (unpaired) electrons. The molecular formula is C9H14N2O4S. The lowest BCUT2D eigenvalue weighted by atomic mass is 10.1. The third-order valence-electron chi connectivity index (χ3n) is 2.17. The van der Waals surface area contributed by atoms with Crippen molar-refractivity contribution in [1.29, 1.82) is 0 Å². The van der Waals surface area contributed by atoms with Gasteiger partial charge in [-0.1, -0.05) is 6.92 Å². The Morgan fingerprint density at radius 3 is 2.81 bits per heavy atom. The molecule has 0 bridgehead atoms. The van der Waals surface area contributed by atoms with Crippen LogP contribution < -0.4 is 4.72 Å². The highest BCUT2D eigenvalue weighted by Gasteiger charge is 2.16. The molecule has 0 saturated carbocycles. The van der Waals surface area contributed by atoms with Gasteiger partial charge in [-0.3, -0.25) is 4.79 Å². The second-order valence-corrected chi connectivity index (χ2v) is 5.24. The number of rotatable bonds is 6. The Hall–Kier alpha value is -1.34. The summed E-state index contributed by atoms with van der Waals surface area (Å²) in [4.78, 5) is 13.3. The number of hydrogen-bond donors (Lipinski definition) is 3. The lowest BCUT2D eigenvalue weighted by Gasteiger charge is -2.07. The molecule has 0 spiro atoms. The van der Waals surface area contributed by atoms with E-state index in [2.05, 4.69) is 9.71 Å². The zero-order valence-corrected chi connectivity index (χ0v) is 9.62. The van der Waals surface area contributed by atoms with E-state index in [1.165, 1.54) is 25.4 Å². The molecule has 0 fully saturated rings. The summed E-state index contributed by atoms with van der Waals surface area (Å²) in [6, 6.07) is 1.43. The van der Waals surface area contributed by atoms with E-state index in [1.807, 2.05) is 0 Å². The van der Waals surface area contributed by atoms with Crippen molar-refractivity contribution < 1.29 is 18.3 Å². The summed E-state index contributed by atoms with van der Waals surface area (Å²) < 4.78 is 25.5. The van der Waals surface area contributed by atoms with Crippen molar-refractivity contribution in [3.05, 3.63) is 18.5 Å². The van der Waals surface area contributed by atoms with Gasteiger partial charge in [0.1, 0.15) is 0 Å². The Morgan fingerprint density at radius 1 is 1.62 bits per heavy atom. The number of aliphatic carboxylic acids is 1. The SMILES string of the molecule is CC(CCNS(=O)(=O)c1cc[nH]c1)C(=O)O. The van der Waals surface area contributed by atoms with E-state index in [4.69, 9.17) is 5.11 Å². The van der Waals surface area contributed by atoms with Gasteiger partial charge >= 0.3 is 5.97 Å². The Morgan fingerprint density at radius 2 is 2.31 bits per heavy atom. The van der Waals surface area contributed by atoms with Crippen LogP contribution >= 0.6 is 0 Å². The molecule has 0 aliphatic heterocycles. The number of nitrogens with one attached hydrogen (secondary N) is 2. The van der Waals surface area contributed by atoms with Gasteiger partial charge in [0.2, 0.25) is 10.0 Å². The molecule has 0 amide bonds. The maximum Gasteiger partial charge on any atom is 0.306 e. The molecule has 0 aliphatic rings. The van der Waals surface area contributed by atoms with Crippen molar-refractivity contribution in [3.63, 3.8) is 0 Å². The average molecular weight is 246 g/mol. The number of carboxylic acids is 1. The minimum Gasteiger partial charge on any atom is -0.481 e. The first-order valence-electron chi connectivity index (χ1n) is 4.79. The maximum atomic E-state index is 11.6. The molecule has 1 rings (SSSR count). The van der Waals surface area contributed by atoms with Crippen LogP contribution in [0.4, 0.5) is 0 Å². The van der Waals surface area contributed by atoms with E-state index in [1.54, 1.807) is 0 Å². The first-order chi connectivity index (χ1) is 7.43. The van der Waals surface area contributed by atoms with Crippen LogP contribution in [0, 0.1) is 5.92 Å². The monoisotopic (exact) mass is 246 g/mol. The van der Waals surface area contributed by atoms with Gasteiger partial charge < -0.3 is 10.1 Å². The molecule has 7 heteroatoms. The molecule has 1 heterocycles. The van der Waals surface area contributed by atoms with Crippen LogP contribution in [0.5, 0.6) is 0 Å². The molecule has 0 saturated heterocycles. The Bertz CT molecular complexity index is 438. The van der Waals surface area contributed by atoms with Crippen molar-refractivity contribution >= 4 is 16.0 Å². The van der Waals surface area contributed by atoms with Crippen LogP contribution in [0.2, 0.25) is 0 Å². The van der Waals surface area contributed by atoms with Crippen LogP contribution in [0.3, 0.4) is 0 Å². The first kappa shape index (κ1) is 12.7. The standard InChI is InChI=1S/C9H14N2O4S/c1-7(9(12)13)2-5-11-16(14,15)8-3-4-10-6-8/h3-4,6-7,10-11H,2,5H2,1H3,(H,12,13). The molecule has 6 nitrogen and oxygen atoms in total. The van der Waals surface area contributed by atoms with E-state index in [-0.39, 0.29) is 17.9 Å². The van der Waals surface area contributed by atoms with Gasteiger partial charge in [0.25, 0.3) is 0 Å². The molecule has 1 unspecified atom stereocenters. The van der Waals surface area contributed by atoms with Crippen molar-refractivity contribution in [2.45, 2.75) is 18.2 Å². The Balaban J connectivity index is 2.47. The summed E-state index contributed by atoms with van der Waals surface area (Å²) in [7, 11) is -3.51. The summed E-state index contributed by atoms with van der Waals surface area (Å²) in [5.41, 5.74) is 0. The van der Waals surface area contributed by atoms with Crippen LogP contribution in [-0.2, 0) is 14.8 Å². The largest absolute Gasteiger partial charge is 0.481 e. The highest BCUT2D eigenvalue weighted by Crippen LogP contribution is 2.07. The van der Waals surface area contributed by atoms with E-state index >= 15 is 0 Å². The highest BCUT2D eigenvalue weighted by molar-refractivity contribution is 7.89. The van der Waals surface area contributed by atoms with Crippen molar-refractivity contribution in [2.24, 2.45) is 5.92 Å². The minimum absolute atomic E-state index is 0.112. The van der Waals surface area contributed by atoms with E-state index < -0.39 is 21.9 Å². The van der Waals surface area contributed by atoms with Crippen molar-refractivity contribution in [2.75, 3.05) is 6.54 Å². The molecule has 1 aromatic rings. The maximum absolute atomic E-state index is 11.6. The van der Waals surface area contributed by atoms with Gasteiger partial charge in [0.15, 0.2) is 0 Å². The summed E-state index contributed by atoms with van der Waals surface area (Å²) in [6.07, 6.45) is 3.14. The van der Waals surface area contributed by atoms with E-state index in [0.717, 1.165) is 0 Å². The fourth-order valence-electron chi connectivity index (χ4n) is 1.09. The van der Waals surface area contributed by atoms with Gasteiger partial charge in [0, 0.05) is 18.9 Å². The van der Waals surface area contributed by atoms with Crippen LogP contribution in [0.15, 0.2) is 23.4 Å². The van der Waals surface area contributed by atoms with Crippen LogP contribution in [-0.4, -0.2) is 31.0 Å². The lowest BCUT2D eigenvalue weighted by Crippen LogP contribution is -2.26. The molecular weight excluding hydrogens is 232 g/mol. The molecule has 0 aromatic carbocycles. The fraction of sp³-hybridized carbons (Fsp3) is 0.444. The predicted molar refractivity (Wildman–Crippen MR) is 57.4 cm³/mol. The molecule has 3 N–H and O–H groups in total. The Labute approximate surface area is 93.7 Å². The third kappa shape index (κ3) is 3.35. The van der Waals surface area contributed by atoms with E-state index in [9.17, 15) is 13.2 Å². The Kier molecular flexibility index (Phi) is 4.08. The topological polar surface area (TPSA) is 99.3 Å². The van der Waals surface area contributed by atoms with Gasteiger partial charge in [-0.15, -0.1) is 0 Å². The predicted octanol–water partition coefficient (Wildman–Crippen LogP) is 0.404. The van der Waals surface area contributed by atoms with E-state index in [0.29, 0.717) is 0 Å². The van der Waals surface area contributed by atoms with Gasteiger partial charge in [0.05, 0.1) is 10.8 Å². The smallest absolute Gasteiger partial charge is 0.306 e. The summed E-state index contributed by atoms with van der Waals surface area (Å²) in [6.45, 7) is 1.65. The lowest BCUT2D eigenvalue weighted by molar-refractivity contribution is -0.141. The molecule has 90 valence electrons. The van der Waals surface area contributed by atoms with Crippen molar-refractivity contribution in [1.82, 2.24) is 9.71 Å². The zero-order chi connectivity index (χ0) is 12.2. The molecule has 1 aromatic heterocycles. The minimum atomic E-state index is -3.51.